The maximum Gasteiger partial charge on any atom is 0.213 e. The highest BCUT2D eigenvalue weighted by molar-refractivity contribution is 14.0. The minimum Gasteiger partial charge on any atom is -0.357 e. The van der Waals surface area contributed by atoms with E-state index in [1.165, 1.54) is 19.3 Å². The Labute approximate surface area is 181 Å². The summed E-state index contributed by atoms with van der Waals surface area (Å²) in [6.07, 6.45) is 7.29. The van der Waals surface area contributed by atoms with Crippen LogP contribution in [0.25, 0.3) is 0 Å². The Balaban J connectivity index is 0.00000261. The van der Waals surface area contributed by atoms with Crippen LogP contribution in [0.4, 0.5) is 0 Å². The molecule has 1 saturated heterocycles. The van der Waals surface area contributed by atoms with E-state index in [4.69, 9.17) is 0 Å². The summed E-state index contributed by atoms with van der Waals surface area (Å²) < 4.78 is 26.9. The summed E-state index contributed by atoms with van der Waals surface area (Å²) in [5.74, 6) is 1.31. The SMILES string of the molecule is CCNC(=NCCS(=O)(=O)NCC1CCC1)NC1CC(C)N(C2CC2)C1.I. The molecule has 3 fully saturated rings. The lowest BCUT2D eigenvalue weighted by molar-refractivity contribution is 0.256. The van der Waals surface area contributed by atoms with E-state index in [9.17, 15) is 8.42 Å². The Morgan fingerprint density at radius 1 is 1.22 bits per heavy atom. The molecule has 0 bridgehead atoms. The maximum atomic E-state index is 12.1. The van der Waals surface area contributed by atoms with Crippen molar-refractivity contribution in [2.45, 2.75) is 70.5 Å². The molecule has 0 radical (unpaired) electrons. The number of guanidine groups is 1. The van der Waals surface area contributed by atoms with Gasteiger partial charge in [-0.15, -0.1) is 24.0 Å². The second kappa shape index (κ2) is 10.6. The molecule has 7 nitrogen and oxygen atoms in total. The van der Waals surface area contributed by atoms with Crippen molar-refractivity contribution in [1.29, 1.82) is 0 Å². The molecule has 2 saturated carbocycles. The highest BCUT2D eigenvalue weighted by atomic mass is 127. The molecule has 9 heteroatoms. The normalized spacial score (nSPS) is 27.1. The van der Waals surface area contributed by atoms with Gasteiger partial charge < -0.3 is 10.6 Å². The fourth-order valence-corrected chi connectivity index (χ4v) is 4.85. The molecule has 27 heavy (non-hydrogen) atoms. The molecule has 158 valence electrons. The van der Waals surface area contributed by atoms with Crippen LogP contribution in [0.2, 0.25) is 0 Å². The van der Waals surface area contributed by atoms with Gasteiger partial charge in [0.25, 0.3) is 0 Å². The quantitative estimate of drug-likeness (QED) is 0.247. The number of nitrogens with zero attached hydrogens (tertiary/aromatic N) is 2. The molecule has 0 aromatic heterocycles. The van der Waals surface area contributed by atoms with Gasteiger partial charge in [0.2, 0.25) is 10.0 Å². The molecule has 0 aromatic carbocycles. The molecule has 1 heterocycles. The number of likely N-dealkylation sites (tertiary alicyclic amines) is 1. The van der Waals surface area contributed by atoms with E-state index in [0.717, 1.165) is 44.4 Å². The second-order valence-electron chi connectivity index (χ2n) is 8.08. The van der Waals surface area contributed by atoms with E-state index >= 15 is 0 Å². The van der Waals surface area contributed by atoms with Crippen LogP contribution >= 0.6 is 24.0 Å². The third-order valence-corrected chi connectivity index (χ3v) is 7.10. The van der Waals surface area contributed by atoms with Crippen LogP contribution in [0.5, 0.6) is 0 Å². The molecule has 0 spiro atoms. The number of hydrogen-bond acceptors (Lipinski definition) is 4. The summed E-state index contributed by atoms with van der Waals surface area (Å²) in [6.45, 7) is 7.02. The molecule has 2 atom stereocenters. The van der Waals surface area contributed by atoms with Gasteiger partial charge in [0.05, 0.1) is 12.3 Å². The maximum absolute atomic E-state index is 12.1. The van der Waals surface area contributed by atoms with E-state index in [0.29, 0.717) is 24.5 Å². The smallest absolute Gasteiger partial charge is 0.213 e. The first-order valence-corrected chi connectivity index (χ1v) is 11.9. The minimum atomic E-state index is -3.23. The number of aliphatic imine (C=N–C) groups is 1. The predicted molar refractivity (Wildman–Crippen MR) is 121 cm³/mol. The van der Waals surface area contributed by atoms with Crippen LogP contribution in [0, 0.1) is 5.92 Å². The van der Waals surface area contributed by atoms with Gasteiger partial charge in [-0.2, -0.15) is 0 Å². The highest BCUT2D eigenvalue weighted by Crippen LogP contribution is 2.33. The number of halogens is 1. The fourth-order valence-electron chi connectivity index (χ4n) is 3.88. The van der Waals surface area contributed by atoms with Crippen molar-refractivity contribution in [3.63, 3.8) is 0 Å². The average molecular weight is 513 g/mol. The Kier molecular flexibility index (Phi) is 9.08. The van der Waals surface area contributed by atoms with Gasteiger partial charge in [0.15, 0.2) is 5.96 Å². The molecule has 3 rings (SSSR count). The summed E-state index contributed by atoms with van der Waals surface area (Å²) in [5, 5.41) is 6.74. The highest BCUT2D eigenvalue weighted by Gasteiger charge is 2.38. The van der Waals surface area contributed by atoms with E-state index in [1.54, 1.807) is 0 Å². The number of hydrogen-bond donors (Lipinski definition) is 3. The fraction of sp³-hybridized carbons (Fsp3) is 0.944. The van der Waals surface area contributed by atoms with Crippen molar-refractivity contribution >= 4 is 40.0 Å². The van der Waals surface area contributed by atoms with Crippen molar-refractivity contribution in [3.05, 3.63) is 0 Å². The molecule has 0 aromatic rings. The molecule has 2 aliphatic carbocycles. The number of sulfonamides is 1. The third kappa shape index (κ3) is 7.32. The van der Waals surface area contributed by atoms with Gasteiger partial charge in [-0.25, -0.2) is 13.1 Å². The minimum absolute atomic E-state index is 0. The Morgan fingerprint density at radius 3 is 2.56 bits per heavy atom. The van der Waals surface area contributed by atoms with Crippen LogP contribution in [0.15, 0.2) is 4.99 Å². The molecular weight excluding hydrogens is 477 g/mol. The lowest BCUT2D eigenvalue weighted by Crippen LogP contribution is -2.45. The number of rotatable bonds is 9. The Hall–Kier alpha value is -0.130. The standard InChI is InChI=1S/C18H35N5O2S.HI/c1-3-19-18(22-16-11-14(2)23(13-16)17-7-8-17)20-9-10-26(24,25)21-12-15-5-4-6-15;/h14-17,21H,3-13H2,1-2H3,(H2,19,20,22);1H. The van der Waals surface area contributed by atoms with E-state index in [1.807, 2.05) is 6.92 Å². The monoisotopic (exact) mass is 513 g/mol. The van der Waals surface area contributed by atoms with Gasteiger partial charge in [0.1, 0.15) is 0 Å². The first-order valence-electron chi connectivity index (χ1n) is 10.2. The first kappa shape index (κ1) is 23.2. The van der Waals surface area contributed by atoms with Crippen molar-refractivity contribution in [2.75, 3.05) is 31.9 Å². The van der Waals surface area contributed by atoms with Gasteiger partial charge >= 0.3 is 0 Å². The van der Waals surface area contributed by atoms with Crippen LogP contribution in [-0.2, 0) is 10.0 Å². The molecule has 3 aliphatic rings. The van der Waals surface area contributed by atoms with E-state index < -0.39 is 10.0 Å². The molecule has 0 amide bonds. The van der Waals surface area contributed by atoms with Crippen LogP contribution in [0.1, 0.15) is 52.4 Å². The number of nitrogens with one attached hydrogen (secondary N) is 3. The van der Waals surface area contributed by atoms with Crippen LogP contribution in [-0.4, -0.2) is 69.3 Å². The van der Waals surface area contributed by atoms with Gasteiger partial charge in [-0.1, -0.05) is 6.42 Å². The summed E-state index contributed by atoms with van der Waals surface area (Å²) in [5.41, 5.74) is 0. The van der Waals surface area contributed by atoms with Gasteiger partial charge in [-0.05, 0) is 51.9 Å². The predicted octanol–water partition coefficient (Wildman–Crippen LogP) is 1.50. The Bertz CT molecular complexity index is 593. The molecular formula is C18H36IN5O2S. The molecule has 1 aliphatic heterocycles. The van der Waals surface area contributed by atoms with E-state index in [-0.39, 0.29) is 36.3 Å². The Morgan fingerprint density at radius 2 is 1.96 bits per heavy atom. The zero-order chi connectivity index (χ0) is 18.6. The van der Waals surface area contributed by atoms with Crippen molar-refractivity contribution < 1.29 is 8.42 Å². The lowest BCUT2D eigenvalue weighted by Gasteiger charge is -2.25. The largest absolute Gasteiger partial charge is 0.357 e. The van der Waals surface area contributed by atoms with Crippen molar-refractivity contribution in [3.8, 4) is 0 Å². The van der Waals surface area contributed by atoms with Crippen molar-refractivity contribution in [2.24, 2.45) is 10.9 Å². The lowest BCUT2D eigenvalue weighted by atomic mass is 9.86. The summed E-state index contributed by atoms with van der Waals surface area (Å²) >= 11 is 0. The van der Waals surface area contributed by atoms with Crippen molar-refractivity contribution in [1.82, 2.24) is 20.3 Å². The summed E-state index contributed by atoms with van der Waals surface area (Å²) in [4.78, 5) is 7.08. The molecule has 2 unspecified atom stereocenters. The summed E-state index contributed by atoms with van der Waals surface area (Å²) in [6, 6.07) is 1.78. The van der Waals surface area contributed by atoms with Gasteiger partial charge in [0, 0.05) is 37.8 Å². The third-order valence-electron chi connectivity index (χ3n) is 5.77. The average Bonchev–Trinajstić information content (AvgIpc) is 3.29. The zero-order valence-corrected chi connectivity index (χ0v) is 19.8. The topological polar surface area (TPSA) is 85.8 Å². The second-order valence-corrected chi connectivity index (χ2v) is 10.0. The van der Waals surface area contributed by atoms with Crippen LogP contribution in [0.3, 0.4) is 0 Å². The van der Waals surface area contributed by atoms with E-state index in [2.05, 4.69) is 32.2 Å². The van der Waals surface area contributed by atoms with Gasteiger partial charge in [-0.3, -0.25) is 9.89 Å². The van der Waals surface area contributed by atoms with Crippen LogP contribution < -0.4 is 15.4 Å². The molecule has 3 N–H and O–H groups in total. The zero-order valence-electron chi connectivity index (χ0n) is 16.6. The first-order chi connectivity index (χ1) is 12.5. The summed E-state index contributed by atoms with van der Waals surface area (Å²) in [7, 11) is -3.23.